The van der Waals surface area contributed by atoms with Gasteiger partial charge in [0, 0.05) is 12.0 Å². The average molecular weight is 402 g/mol. The molecule has 0 aliphatic rings. The van der Waals surface area contributed by atoms with Gasteiger partial charge in [-0.3, -0.25) is 4.79 Å². The summed E-state index contributed by atoms with van der Waals surface area (Å²) < 4.78 is 6.96. The molecule has 10 heteroatoms. The van der Waals surface area contributed by atoms with Crippen LogP contribution in [-0.2, 0) is 10.2 Å². The Labute approximate surface area is 160 Å². The first-order chi connectivity index (χ1) is 11.8. The van der Waals surface area contributed by atoms with Crippen LogP contribution < -0.4 is 5.32 Å². The second kappa shape index (κ2) is 9.00. The van der Waals surface area contributed by atoms with E-state index in [9.17, 15) is 4.79 Å². The normalized spacial score (nSPS) is 13.0. The van der Waals surface area contributed by atoms with Crippen molar-refractivity contribution >= 4 is 40.8 Å². The van der Waals surface area contributed by atoms with E-state index in [-0.39, 0.29) is 16.6 Å². The number of hydrogen-bond donors (Lipinski definition) is 1. The molecule has 0 saturated heterocycles. The zero-order valence-electron chi connectivity index (χ0n) is 15.0. The highest BCUT2D eigenvalue weighted by molar-refractivity contribution is 8.03. The lowest BCUT2D eigenvalue weighted by Gasteiger charge is -2.11. The van der Waals surface area contributed by atoms with E-state index >= 15 is 0 Å². The predicted molar refractivity (Wildman–Crippen MR) is 101 cm³/mol. The summed E-state index contributed by atoms with van der Waals surface area (Å²) in [6, 6.07) is 0. The van der Waals surface area contributed by atoms with Crippen molar-refractivity contribution in [2.45, 2.75) is 60.4 Å². The Bertz CT molecular complexity index is 695. The van der Waals surface area contributed by atoms with E-state index < -0.39 is 0 Å². The highest BCUT2D eigenvalue weighted by Gasteiger charge is 2.24. The molecule has 1 unspecified atom stereocenters. The Kier molecular flexibility index (Phi) is 7.26. The van der Waals surface area contributed by atoms with Crippen LogP contribution >= 0.6 is 34.9 Å². The van der Waals surface area contributed by atoms with E-state index in [4.69, 9.17) is 4.52 Å². The molecule has 1 N–H and O–H groups in total. The second-order valence-corrected chi connectivity index (χ2v) is 10.2. The predicted octanol–water partition coefficient (Wildman–Crippen LogP) is 3.69. The minimum Gasteiger partial charge on any atom is -0.355 e. The van der Waals surface area contributed by atoms with Crippen LogP contribution in [0.5, 0.6) is 0 Å². The highest BCUT2D eigenvalue weighted by Crippen LogP contribution is 2.38. The zero-order valence-corrected chi connectivity index (χ0v) is 17.5. The van der Waals surface area contributed by atoms with Crippen LogP contribution in [0.15, 0.2) is 13.2 Å². The number of nitrogens with zero attached hydrogens (tertiary/aromatic N) is 4. The van der Waals surface area contributed by atoms with Crippen molar-refractivity contribution in [2.75, 3.05) is 12.3 Å². The van der Waals surface area contributed by atoms with Crippen molar-refractivity contribution in [3.63, 3.8) is 0 Å². The third kappa shape index (κ3) is 6.27. The van der Waals surface area contributed by atoms with E-state index in [0.29, 0.717) is 24.0 Å². The molecule has 0 bridgehead atoms. The number of nitrogens with one attached hydrogen (secondary N) is 1. The largest absolute Gasteiger partial charge is 0.355 e. The van der Waals surface area contributed by atoms with Crippen molar-refractivity contribution in [2.24, 2.45) is 0 Å². The van der Waals surface area contributed by atoms with Gasteiger partial charge >= 0.3 is 0 Å². The molecule has 0 spiro atoms. The van der Waals surface area contributed by atoms with Gasteiger partial charge in [-0.2, -0.15) is 4.98 Å². The highest BCUT2D eigenvalue weighted by atomic mass is 32.2. The second-order valence-electron chi connectivity index (χ2n) is 6.44. The van der Waals surface area contributed by atoms with Gasteiger partial charge in [-0.1, -0.05) is 67.7 Å². The van der Waals surface area contributed by atoms with E-state index in [2.05, 4.69) is 25.7 Å². The fourth-order valence-electron chi connectivity index (χ4n) is 1.65. The van der Waals surface area contributed by atoms with Gasteiger partial charge in [-0.25, -0.2) is 0 Å². The molecule has 2 rings (SSSR count). The van der Waals surface area contributed by atoms with Crippen molar-refractivity contribution in [3.05, 3.63) is 11.7 Å². The maximum Gasteiger partial charge on any atom is 0.239 e. The van der Waals surface area contributed by atoms with Crippen LogP contribution in [-0.4, -0.2) is 38.5 Å². The molecule has 0 saturated carbocycles. The van der Waals surface area contributed by atoms with Gasteiger partial charge < -0.3 is 9.84 Å². The summed E-state index contributed by atoms with van der Waals surface area (Å²) >= 11 is 4.39. The number of amides is 1. The first kappa shape index (κ1) is 20.2. The minimum atomic E-state index is -0.142. The van der Waals surface area contributed by atoms with Crippen LogP contribution in [0.2, 0.25) is 0 Å². The van der Waals surface area contributed by atoms with Crippen LogP contribution in [0.1, 0.15) is 58.0 Å². The van der Waals surface area contributed by atoms with E-state index in [1.807, 2.05) is 34.6 Å². The molecular formula is C15H23N5O2S3. The smallest absolute Gasteiger partial charge is 0.239 e. The molecule has 1 atom stereocenters. The average Bonchev–Trinajstić information content (AvgIpc) is 3.19. The molecule has 0 radical (unpaired) electrons. The number of carbonyl (C=O) groups is 1. The molecule has 0 aliphatic heterocycles. The van der Waals surface area contributed by atoms with Crippen molar-refractivity contribution in [3.8, 4) is 0 Å². The summed E-state index contributed by atoms with van der Waals surface area (Å²) in [6.45, 7) is 10.9. The van der Waals surface area contributed by atoms with Gasteiger partial charge in [0.1, 0.15) is 0 Å². The summed E-state index contributed by atoms with van der Waals surface area (Å²) in [4.78, 5) is 16.1. The lowest BCUT2D eigenvalue weighted by molar-refractivity contribution is -0.118. The minimum absolute atomic E-state index is 0.0118. The SMILES string of the molecule is CCCNC(=O)CSc1nnc(SC(C)c2nc(C(C)(C)C)no2)s1. The van der Waals surface area contributed by atoms with Gasteiger partial charge in [0.05, 0.1) is 11.0 Å². The molecule has 0 aromatic carbocycles. The van der Waals surface area contributed by atoms with E-state index in [1.54, 1.807) is 0 Å². The van der Waals surface area contributed by atoms with Gasteiger partial charge in [0.25, 0.3) is 0 Å². The van der Waals surface area contributed by atoms with Gasteiger partial charge in [-0.15, -0.1) is 10.2 Å². The molecule has 2 aromatic rings. The van der Waals surface area contributed by atoms with Crippen molar-refractivity contribution in [1.82, 2.24) is 25.7 Å². The number of rotatable bonds is 8. The first-order valence-electron chi connectivity index (χ1n) is 8.03. The lowest BCUT2D eigenvalue weighted by Crippen LogP contribution is -2.25. The molecule has 138 valence electrons. The molecule has 25 heavy (non-hydrogen) atoms. The molecule has 2 aromatic heterocycles. The molecule has 0 fully saturated rings. The van der Waals surface area contributed by atoms with Crippen LogP contribution in [0, 0.1) is 0 Å². The van der Waals surface area contributed by atoms with E-state index in [0.717, 1.165) is 15.1 Å². The summed E-state index contributed by atoms with van der Waals surface area (Å²) in [5, 5.41) is 15.2. The number of carbonyl (C=O) groups excluding carboxylic acids is 1. The van der Waals surface area contributed by atoms with Gasteiger partial charge in [0.15, 0.2) is 14.5 Å². The Balaban J connectivity index is 1.88. The Hall–Kier alpha value is -1.13. The Morgan fingerprint density at radius 3 is 2.68 bits per heavy atom. The van der Waals surface area contributed by atoms with Crippen LogP contribution in [0.4, 0.5) is 0 Å². The quantitative estimate of drug-likeness (QED) is 0.669. The van der Waals surface area contributed by atoms with Crippen LogP contribution in [0.3, 0.4) is 0 Å². The molecule has 1 amide bonds. The molecule has 0 aliphatic carbocycles. The topological polar surface area (TPSA) is 93.8 Å². The standard InChI is InChI=1S/C15H23N5O2S3/c1-6-7-16-10(21)8-23-13-18-19-14(25-13)24-9(2)11-17-12(20-22-11)15(3,4)5/h9H,6-8H2,1-5H3,(H,16,21). The van der Waals surface area contributed by atoms with Gasteiger partial charge in [-0.05, 0) is 13.3 Å². The monoisotopic (exact) mass is 401 g/mol. The van der Waals surface area contributed by atoms with Gasteiger partial charge in [0.2, 0.25) is 11.8 Å². The van der Waals surface area contributed by atoms with Crippen molar-refractivity contribution in [1.29, 1.82) is 0 Å². The molecule has 2 heterocycles. The fourth-order valence-corrected chi connectivity index (χ4v) is 4.68. The fraction of sp³-hybridized carbons (Fsp3) is 0.667. The third-order valence-corrected chi connectivity index (χ3v) is 6.25. The number of aromatic nitrogens is 4. The zero-order chi connectivity index (χ0) is 18.4. The Morgan fingerprint density at radius 2 is 2.04 bits per heavy atom. The number of hydrogen-bond acceptors (Lipinski definition) is 9. The Morgan fingerprint density at radius 1 is 1.32 bits per heavy atom. The van der Waals surface area contributed by atoms with Crippen molar-refractivity contribution < 1.29 is 9.32 Å². The molecule has 7 nitrogen and oxygen atoms in total. The van der Waals surface area contributed by atoms with Crippen LogP contribution in [0.25, 0.3) is 0 Å². The summed E-state index contributed by atoms with van der Waals surface area (Å²) in [7, 11) is 0. The maximum absolute atomic E-state index is 11.6. The lowest BCUT2D eigenvalue weighted by atomic mass is 9.96. The first-order valence-corrected chi connectivity index (χ1v) is 10.7. The van der Waals surface area contributed by atoms with E-state index in [1.165, 1.54) is 34.9 Å². The molecular weight excluding hydrogens is 378 g/mol. The summed E-state index contributed by atoms with van der Waals surface area (Å²) in [5.74, 6) is 1.65. The summed E-state index contributed by atoms with van der Waals surface area (Å²) in [5.41, 5.74) is -0.142. The maximum atomic E-state index is 11.6. The third-order valence-electron chi connectivity index (χ3n) is 3.02. The summed E-state index contributed by atoms with van der Waals surface area (Å²) in [6.07, 6.45) is 0.931. The number of thioether (sulfide) groups is 2.